The zero-order valence-corrected chi connectivity index (χ0v) is 17.9. The molecule has 0 spiro atoms. The van der Waals surface area contributed by atoms with E-state index in [1.807, 2.05) is 29.2 Å². The number of benzene rings is 2. The van der Waals surface area contributed by atoms with Crippen LogP contribution in [0.15, 0.2) is 58.3 Å². The standard InChI is InChI=1S/C22H22ClNOS2/c1-24(2)10-5-11-25-14-16-13-18-17-6-3-4-7-20(17)27-21-9-8-15(23)12-19(21)22(18)26-16/h3-4,6-9,12-13H,5,10-11,14H2,1-2H3. The van der Waals surface area contributed by atoms with Crippen LogP contribution in [0.1, 0.15) is 11.3 Å². The van der Waals surface area contributed by atoms with Crippen LogP contribution in [0.5, 0.6) is 0 Å². The molecule has 0 saturated heterocycles. The lowest BCUT2D eigenvalue weighted by Crippen LogP contribution is -2.14. The first kappa shape index (κ1) is 19.0. The van der Waals surface area contributed by atoms with Gasteiger partial charge in [0.2, 0.25) is 0 Å². The molecule has 0 fully saturated rings. The van der Waals surface area contributed by atoms with Gasteiger partial charge < -0.3 is 9.64 Å². The average molecular weight is 416 g/mol. The molecule has 4 rings (SSSR count). The molecule has 2 aromatic carbocycles. The second kappa shape index (κ2) is 8.38. The topological polar surface area (TPSA) is 12.5 Å². The minimum atomic E-state index is 0.663. The number of rotatable bonds is 6. The van der Waals surface area contributed by atoms with Crippen LogP contribution < -0.4 is 0 Å². The molecule has 2 nitrogen and oxygen atoms in total. The molecule has 1 aliphatic rings. The minimum absolute atomic E-state index is 0.663. The minimum Gasteiger partial charge on any atom is -0.376 e. The van der Waals surface area contributed by atoms with Crippen LogP contribution in [-0.4, -0.2) is 32.1 Å². The van der Waals surface area contributed by atoms with Gasteiger partial charge in [-0.1, -0.05) is 41.6 Å². The van der Waals surface area contributed by atoms with Crippen molar-refractivity contribution in [1.29, 1.82) is 0 Å². The highest BCUT2D eigenvalue weighted by Crippen LogP contribution is 2.51. The molecule has 140 valence electrons. The first-order valence-electron chi connectivity index (χ1n) is 9.04. The lowest BCUT2D eigenvalue weighted by atomic mass is 10.0. The van der Waals surface area contributed by atoms with Crippen LogP contribution in [0.4, 0.5) is 0 Å². The average Bonchev–Trinajstić information content (AvgIpc) is 3.02. The van der Waals surface area contributed by atoms with Crippen molar-refractivity contribution < 1.29 is 4.74 Å². The molecule has 2 heterocycles. The highest BCUT2D eigenvalue weighted by Gasteiger charge is 2.22. The predicted molar refractivity (Wildman–Crippen MR) is 117 cm³/mol. The third kappa shape index (κ3) is 4.25. The Morgan fingerprint density at radius 3 is 2.63 bits per heavy atom. The summed E-state index contributed by atoms with van der Waals surface area (Å²) in [4.78, 5) is 7.28. The third-order valence-corrected chi connectivity index (χ3v) is 7.03. The highest BCUT2D eigenvalue weighted by molar-refractivity contribution is 7.99. The number of nitrogens with zero attached hydrogens (tertiary/aromatic N) is 1. The van der Waals surface area contributed by atoms with Crippen molar-refractivity contribution in [3.63, 3.8) is 0 Å². The summed E-state index contributed by atoms with van der Waals surface area (Å²) in [5, 5.41) is 0.779. The van der Waals surface area contributed by atoms with E-state index in [9.17, 15) is 0 Å². The fourth-order valence-corrected chi connectivity index (χ4v) is 5.69. The van der Waals surface area contributed by atoms with Gasteiger partial charge >= 0.3 is 0 Å². The summed E-state index contributed by atoms with van der Waals surface area (Å²) < 4.78 is 5.93. The third-order valence-electron chi connectivity index (χ3n) is 4.50. The van der Waals surface area contributed by atoms with Gasteiger partial charge in [0.25, 0.3) is 0 Å². The van der Waals surface area contributed by atoms with Gasteiger partial charge in [-0.15, -0.1) is 11.3 Å². The van der Waals surface area contributed by atoms with E-state index < -0.39 is 0 Å². The summed E-state index contributed by atoms with van der Waals surface area (Å²) in [6.45, 7) is 2.50. The van der Waals surface area contributed by atoms with E-state index in [0.717, 1.165) is 24.6 Å². The van der Waals surface area contributed by atoms with Gasteiger partial charge in [-0.25, -0.2) is 0 Å². The van der Waals surface area contributed by atoms with Gasteiger partial charge in [0.15, 0.2) is 0 Å². The van der Waals surface area contributed by atoms with Crippen molar-refractivity contribution in [3.05, 3.63) is 58.4 Å². The maximum atomic E-state index is 6.33. The molecule has 1 aliphatic heterocycles. The molecule has 0 amide bonds. The van der Waals surface area contributed by atoms with Gasteiger partial charge in [0, 0.05) is 42.3 Å². The summed E-state index contributed by atoms with van der Waals surface area (Å²) in [5.74, 6) is 0. The molecule has 0 aliphatic carbocycles. The smallest absolute Gasteiger partial charge is 0.0809 e. The molecule has 5 heteroatoms. The van der Waals surface area contributed by atoms with E-state index in [-0.39, 0.29) is 0 Å². The molecule has 0 radical (unpaired) electrons. The number of hydrogen-bond acceptors (Lipinski definition) is 4. The molecule has 0 atom stereocenters. The van der Waals surface area contributed by atoms with Crippen LogP contribution in [0.25, 0.3) is 21.6 Å². The van der Waals surface area contributed by atoms with Crippen LogP contribution in [0.2, 0.25) is 5.02 Å². The van der Waals surface area contributed by atoms with E-state index in [1.165, 1.54) is 36.2 Å². The number of fused-ring (bicyclic) bond motifs is 5. The zero-order valence-electron chi connectivity index (χ0n) is 15.5. The first-order valence-corrected chi connectivity index (χ1v) is 11.1. The van der Waals surface area contributed by atoms with Crippen LogP contribution >= 0.6 is 34.7 Å². The molecule has 0 unspecified atom stereocenters. The largest absolute Gasteiger partial charge is 0.376 e. The maximum absolute atomic E-state index is 6.33. The molecular formula is C22H22ClNOS2. The number of ether oxygens (including phenoxy) is 1. The van der Waals surface area contributed by atoms with Gasteiger partial charge in [0.1, 0.15) is 0 Å². The van der Waals surface area contributed by atoms with E-state index in [1.54, 1.807) is 0 Å². The number of thiophene rings is 1. The van der Waals surface area contributed by atoms with Crippen molar-refractivity contribution in [3.8, 4) is 21.6 Å². The SMILES string of the molecule is CN(C)CCCOCc1cc2c(s1)-c1cc(Cl)ccc1Sc1ccccc1-2. The Morgan fingerprint density at radius 2 is 1.78 bits per heavy atom. The summed E-state index contributed by atoms with van der Waals surface area (Å²) in [6, 6.07) is 17.1. The Balaban J connectivity index is 1.65. The van der Waals surface area contributed by atoms with Gasteiger partial charge in [-0.3, -0.25) is 0 Å². The molecule has 0 N–H and O–H groups in total. The Kier molecular flexibility index (Phi) is 5.90. The molecule has 0 bridgehead atoms. The van der Waals surface area contributed by atoms with Crippen molar-refractivity contribution in [2.24, 2.45) is 0 Å². The Hall–Kier alpha value is -1.30. The quantitative estimate of drug-likeness (QED) is 0.326. The molecular weight excluding hydrogens is 394 g/mol. The van der Waals surface area contributed by atoms with Gasteiger partial charge in [0.05, 0.1) is 6.61 Å². The second-order valence-corrected chi connectivity index (χ2v) is 9.56. The van der Waals surface area contributed by atoms with E-state index in [4.69, 9.17) is 16.3 Å². The molecule has 27 heavy (non-hydrogen) atoms. The normalized spacial score (nSPS) is 12.4. The van der Waals surface area contributed by atoms with E-state index >= 15 is 0 Å². The fraction of sp³-hybridized carbons (Fsp3) is 0.273. The van der Waals surface area contributed by atoms with Gasteiger partial charge in [-0.2, -0.15) is 0 Å². The molecule has 1 aromatic heterocycles. The lowest BCUT2D eigenvalue weighted by molar-refractivity contribution is 0.115. The van der Waals surface area contributed by atoms with Crippen molar-refractivity contribution in [2.45, 2.75) is 22.8 Å². The van der Waals surface area contributed by atoms with E-state index in [0.29, 0.717) is 6.61 Å². The fourth-order valence-electron chi connectivity index (χ4n) is 3.23. The first-order chi connectivity index (χ1) is 13.1. The monoisotopic (exact) mass is 415 g/mol. The van der Waals surface area contributed by atoms with Crippen LogP contribution in [0.3, 0.4) is 0 Å². The van der Waals surface area contributed by atoms with E-state index in [2.05, 4.69) is 61.5 Å². The predicted octanol–water partition coefficient (Wildman–Crippen LogP) is 6.67. The number of hydrogen-bond donors (Lipinski definition) is 0. The van der Waals surface area contributed by atoms with Gasteiger partial charge in [-0.05, 0) is 63.0 Å². The Morgan fingerprint density at radius 1 is 0.963 bits per heavy atom. The summed E-state index contributed by atoms with van der Waals surface area (Å²) in [7, 11) is 4.18. The van der Waals surface area contributed by atoms with Crippen molar-refractivity contribution in [2.75, 3.05) is 27.2 Å². The lowest BCUT2D eigenvalue weighted by Gasteiger charge is -2.09. The Labute approximate surface area is 174 Å². The number of halogens is 1. The molecule has 0 saturated carbocycles. The summed E-state index contributed by atoms with van der Waals surface area (Å²) in [5.41, 5.74) is 3.80. The summed E-state index contributed by atoms with van der Waals surface area (Å²) >= 11 is 9.96. The molecule has 3 aromatic rings. The van der Waals surface area contributed by atoms with Crippen molar-refractivity contribution in [1.82, 2.24) is 4.90 Å². The summed E-state index contributed by atoms with van der Waals surface area (Å²) in [6.07, 6.45) is 1.05. The highest BCUT2D eigenvalue weighted by atomic mass is 35.5. The van der Waals surface area contributed by atoms with Crippen LogP contribution in [-0.2, 0) is 11.3 Å². The van der Waals surface area contributed by atoms with Crippen molar-refractivity contribution >= 4 is 34.7 Å². The zero-order chi connectivity index (χ0) is 18.8. The Bertz CT molecular complexity index is 951. The maximum Gasteiger partial charge on any atom is 0.0809 e. The van der Waals surface area contributed by atoms with Crippen LogP contribution in [0, 0.1) is 0 Å². The second-order valence-electron chi connectivity index (χ2n) is 6.90.